The predicted molar refractivity (Wildman–Crippen MR) is 75.8 cm³/mol. The minimum Gasteiger partial charge on any atom is -0.241 e. The van der Waals surface area contributed by atoms with Crippen molar-refractivity contribution in [2.45, 2.75) is 85.6 Å². The van der Waals surface area contributed by atoms with Crippen LogP contribution in [-0.2, 0) is 19.4 Å². The zero-order valence-corrected chi connectivity index (χ0v) is 12.7. The van der Waals surface area contributed by atoms with Gasteiger partial charge in [0.1, 0.15) is 0 Å². The van der Waals surface area contributed by atoms with Crippen LogP contribution < -0.4 is 4.74 Å². The van der Waals surface area contributed by atoms with E-state index in [0.717, 1.165) is 12.3 Å². The summed E-state index contributed by atoms with van der Waals surface area (Å²) in [6, 6.07) is 0. The molecule has 0 aliphatic carbocycles. The first-order valence-corrected chi connectivity index (χ1v) is 7.75. The summed E-state index contributed by atoms with van der Waals surface area (Å²) in [4.78, 5) is 0. The molecule has 0 radical (unpaired) electrons. The van der Waals surface area contributed by atoms with E-state index < -0.39 is 0 Å². The average molecular weight is 252 g/mol. The molecular formula is C16H30NO+. The van der Waals surface area contributed by atoms with Crippen LogP contribution in [0.3, 0.4) is 0 Å². The van der Waals surface area contributed by atoms with Crippen LogP contribution in [-0.4, -0.2) is 0 Å². The molecule has 0 amide bonds. The maximum Gasteiger partial charge on any atom is 0.234 e. The fourth-order valence-corrected chi connectivity index (χ4v) is 2.41. The topological polar surface area (TPSA) is 17.0 Å². The Kier molecular flexibility index (Phi) is 7.07. The van der Waals surface area contributed by atoms with Gasteiger partial charge in [0.15, 0.2) is 12.3 Å². The summed E-state index contributed by atoms with van der Waals surface area (Å²) in [5.74, 6) is 1.14. The number of rotatable bonds is 9. The van der Waals surface area contributed by atoms with Gasteiger partial charge in [-0.1, -0.05) is 33.6 Å². The van der Waals surface area contributed by atoms with Gasteiger partial charge >= 0.3 is 0 Å². The van der Waals surface area contributed by atoms with Crippen LogP contribution in [0.1, 0.15) is 76.3 Å². The molecule has 2 heteroatoms. The molecule has 1 heterocycles. The van der Waals surface area contributed by atoms with E-state index in [2.05, 4.69) is 32.4 Å². The van der Waals surface area contributed by atoms with Crippen LogP contribution >= 0.6 is 0 Å². The third-order valence-electron chi connectivity index (χ3n) is 3.58. The van der Waals surface area contributed by atoms with Crippen molar-refractivity contribution < 1.29 is 9.26 Å². The Morgan fingerprint density at radius 1 is 0.889 bits per heavy atom. The van der Waals surface area contributed by atoms with Crippen LogP contribution in [0, 0.1) is 6.92 Å². The molecule has 0 bridgehead atoms. The highest BCUT2D eigenvalue weighted by Crippen LogP contribution is 2.17. The smallest absolute Gasteiger partial charge is 0.234 e. The summed E-state index contributed by atoms with van der Waals surface area (Å²) >= 11 is 0. The van der Waals surface area contributed by atoms with E-state index >= 15 is 0 Å². The minimum atomic E-state index is 1.04. The lowest BCUT2D eigenvalue weighted by molar-refractivity contribution is -0.869. The second kappa shape index (κ2) is 8.34. The quantitative estimate of drug-likeness (QED) is 0.597. The van der Waals surface area contributed by atoms with Crippen LogP contribution in [0.4, 0.5) is 0 Å². The maximum absolute atomic E-state index is 5.96. The van der Waals surface area contributed by atoms with Gasteiger partial charge in [0.05, 0.1) is 5.56 Å². The van der Waals surface area contributed by atoms with E-state index in [4.69, 9.17) is 4.52 Å². The molecule has 1 rings (SSSR count). The molecule has 18 heavy (non-hydrogen) atoms. The van der Waals surface area contributed by atoms with Crippen LogP contribution in [0.15, 0.2) is 4.52 Å². The van der Waals surface area contributed by atoms with E-state index in [1.54, 1.807) is 0 Å². The van der Waals surface area contributed by atoms with Crippen molar-refractivity contribution in [2.75, 3.05) is 0 Å². The Bertz CT molecular complexity index is 341. The van der Waals surface area contributed by atoms with Crippen molar-refractivity contribution in [3.8, 4) is 0 Å². The highest BCUT2D eigenvalue weighted by atomic mass is 16.5. The molecular weight excluding hydrogens is 222 g/mol. The first kappa shape index (κ1) is 15.3. The fraction of sp³-hybridized carbons (Fsp3) is 0.812. The van der Waals surface area contributed by atoms with Gasteiger partial charge in [-0.25, -0.2) is 4.52 Å². The van der Waals surface area contributed by atoms with E-state index in [9.17, 15) is 0 Å². The monoisotopic (exact) mass is 252 g/mol. The largest absolute Gasteiger partial charge is 0.241 e. The Hall–Kier alpha value is -0.790. The van der Waals surface area contributed by atoms with E-state index in [0.29, 0.717) is 0 Å². The fourth-order valence-electron chi connectivity index (χ4n) is 2.41. The third kappa shape index (κ3) is 4.15. The number of nitrogens with zero attached hydrogens (tertiary/aromatic N) is 1. The molecule has 0 saturated heterocycles. The summed E-state index contributed by atoms with van der Waals surface area (Å²) in [6.45, 7) is 9.92. The molecule has 0 atom stereocenters. The summed E-state index contributed by atoms with van der Waals surface area (Å²) in [7, 11) is 0. The summed E-state index contributed by atoms with van der Waals surface area (Å²) < 4.78 is 8.12. The lowest BCUT2D eigenvalue weighted by Crippen LogP contribution is -2.36. The van der Waals surface area contributed by atoms with Crippen LogP contribution in [0.25, 0.3) is 0 Å². The normalized spacial score (nSPS) is 11.1. The zero-order valence-electron chi connectivity index (χ0n) is 12.7. The van der Waals surface area contributed by atoms with Gasteiger partial charge in [0.2, 0.25) is 5.69 Å². The second-order valence-corrected chi connectivity index (χ2v) is 5.24. The van der Waals surface area contributed by atoms with Gasteiger partial charge in [-0.15, -0.1) is 0 Å². The Balaban J connectivity index is 2.86. The minimum absolute atomic E-state index is 1.04. The molecule has 104 valence electrons. The number of aryl methyl sites for hydroxylation is 2. The van der Waals surface area contributed by atoms with Gasteiger partial charge in [0.25, 0.3) is 0 Å². The van der Waals surface area contributed by atoms with E-state index in [-0.39, 0.29) is 0 Å². The summed E-state index contributed by atoms with van der Waals surface area (Å²) in [5.41, 5.74) is 2.96. The molecule has 1 aromatic heterocycles. The van der Waals surface area contributed by atoms with Gasteiger partial charge < -0.3 is 0 Å². The number of hydrogen-bond acceptors (Lipinski definition) is 1. The lowest BCUT2D eigenvalue weighted by atomic mass is 10.0. The van der Waals surface area contributed by atoms with Crippen molar-refractivity contribution in [3.05, 3.63) is 17.0 Å². The first-order chi connectivity index (χ1) is 8.74. The van der Waals surface area contributed by atoms with Gasteiger partial charge in [0, 0.05) is 19.8 Å². The summed E-state index contributed by atoms with van der Waals surface area (Å²) in [6.07, 6.45) is 9.85. The lowest BCUT2D eigenvalue weighted by Gasteiger charge is -1.99. The first-order valence-electron chi connectivity index (χ1n) is 7.75. The Morgan fingerprint density at radius 3 is 2.11 bits per heavy atom. The molecule has 0 aliphatic rings. The van der Waals surface area contributed by atoms with Crippen molar-refractivity contribution >= 4 is 0 Å². The van der Waals surface area contributed by atoms with Gasteiger partial charge in [-0.2, -0.15) is 0 Å². The summed E-state index contributed by atoms with van der Waals surface area (Å²) in [5, 5.41) is 0. The van der Waals surface area contributed by atoms with Crippen molar-refractivity contribution in [1.82, 2.24) is 0 Å². The molecule has 0 saturated carbocycles. The van der Waals surface area contributed by atoms with E-state index in [1.807, 2.05) is 0 Å². The molecule has 0 aromatic carbocycles. The number of hydrogen-bond donors (Lipinski definition) is 0. The van der Waals surface area contributed by atoms with Gasteiger partial charge in [-0.05, 0) is 30.4 Å². The molecule has 0 fully saturated rings. The molecule has 0 spiro atoms. The van der Waals surface area contributed by atoms with Crippen LogP contribution in [0.2, 0.25) is 0 Å². The standard InChI is InChI=1S/C16H30NO/c1-5-8-11-15-14(4)18-17(13-10-7-3)16(15)12-9-6-2/h5-13H2,1-4H3/q+1. The van der Waals surface area contributed by atoms with Crippen LogP contribution in [0.5, 0.6) is 0 Å². The highest BCUT2D eigenvalue weighted by molar-refractivity contribution is 5.19. The Labute approximate surface area is 112 Å². The zero-order chi connectivity index (χ0) is 13.4. The molecule has 0 unspecified atom stereocenters. The molecule has 0 aliphatic heterocycles. The molecule has 0 N–H and O–H groups in total. The Morgan fingerprint density at radius 2 is 1.50 bits per heavy atom. The van der Waals surface area contributed by atoms with Crippen molar-refractivity contribution in [1.29, 1.82) is 0 Å². The van der Waals surface area contributed by atoms with Gasteiger partial charge in [-0.3, -0.25) is 0 Å². The van der Waals surface area contributed by atoms with Crippen molar-refractivity contribution in [3.63, 3.8) is 0 Å². The second-order valence-electron chi connectivity index (χ2n) is 5.24. The van der Waals surface area contributed by atoms with Crippen molar-refractivity contribution in [2.24, 2.45) is 0 Å². The molecule has 2 nitrogen and oxygen atoms in total. The highest BCUT2D eigenvalue weighted by Gasteiger charge is 2.24. The number of aromatic nitrogens is 1. The average Bonchev–Trinajstić information content (AvgIpc) is 2.67. The maximum atomic E-state index is 5.96. The molecule has 1 aromatic rings. The SMILES string of the molecule is CCCCc1c(C)o[n+](CCCC)c1CCCC. The van der Waals surface area contributed by atoms with E-state index in [1.165, 1.54) is 62.6 Å². The third-order valence-corrected chi connectivity index (χ3v) is 3.58. The number of unbranched alkanes of at least 4 members (excludes halogenated alkanes) is 3. The predicted octanol–water partition coefficient (Wildman–Crippen LogP) is 4.36.